The number of hydrogen-bond acceptors (Lipinski definition) is 2. The van der Waals surface area contributed by atoms with Gasteiger partial charge in [-0.2, -0.15) is 0 Å². The van der Waals surface area contributed by atoms with Gasteiger partial charge >= 0.3 is 0 Å². The Labute approximate surface area is 360 Å². The Bertz CT molecular complexity index is 1340. The molecule has 0 amide bonds. The van der Waals surface area contributed by atoms with Gasteiger partial charge < -0.3 is 9.47 Å². The van der Waals surface area contributed by atoms with Gasteiger partial charge in [-0.1, -0.05) is 215 Å². The van der Waals surface area contributed by atoms with E-state index in [0.717, 1.165) is 30.2 Å². The van der Waals surface area contributed by atoms with E-state index in [1.165, 1.54) is 5.70 Å². The SMILES string of the molecule is CC(C)[Si](C([Si](C)(C)C)[Si](C)(C)C)(C([Si](C)(C)C)[Si](C)(C)C)[Si]1N2C=CC(N(C)C)=CC2=[Si]1[Si](C(C)C)(C([Si](C)(C)C)[Si](C)(C)C)C([Si](C)(C)C)[Si](C)(C)C. The predicted octanol–water partition coefficient (Wildman–Crippen LogP) is 13.9. The molecular formula is C41H99N2Si12. The van der Waals surface area contributed by atoms with Crippen LogP contribution >= 0.6 is 0 Å². The zero-order valence-electron chi connectivity index (χ0n) is 43.1. The van der Waals surface area contributed by atoms with Gasteiger partial charge in [-0.15, -0.1) is 0 Å². The van der Waals surface area contributed by atoms with Crippen molar-refractivity contribution in [2.45, 2.75) is 215 Å². The van der Waals surface area contributed by atoms with Crippen LogP contribution in [0, 0.1) is 0 Å². The molecule has 0 aromatic carbocycles. The monoisotopic (exact) mass is 956 g/mol. The van der Waals surface area contributed by atoms with Crippen LogP contribution in [0.3, 0.4) is 0 Å². The van der Waals surface area contributed by atoms with E-state index in [9.17, 15) is 0 Å². The number of hydrogen-bond donors (Lipinski definition) is 0. The lowest BCUT2D eigenvalue weighted by molar-refractivity contribution is 0.527. The van der Waals surface area contributed by atoms with Crippen LogP contribution in [-0.4, -0.2) is 124 Å². The van der Waals surface area contributed by atoms with Crippen molar-refractivity contribution in [3.05, 3.63) is 24.0 Å². The smallest absolute Gasteiger partial charge is 0.167 e. The molecule has 2 rings (SSSR count). The van der Waals surface area contributed by atoms with Crippen molar-refractivity contribution < 1.29 is 0 Å². The summed E-state index contributed by atoms with van der Waals surface area (Å²) < 4.78 is 3.28. The van der Waals surface area contributed by atoms with Gasteiger partial charge in [-0.3, -0.25) is 0 Å². The van der Waals surface area contributed by atoms with E-state index in [2.05, 4.69) is 227 Å². The second kappa shape index (κ2) is 16.4. The van der Waals surface area contributed by atoms with Crippen molar-refractivity contribution in [3.63, 3.8) is 0 Å². The summed E-state index contributed by atoms with van der Waals surface area (Å²) >= 11 is 0. The van der Waals surface area contributed by atoms with Gasteiger partial charge in [0.1, 0.15) is 0 Å². The Morgan fingerprint density at radius 2 is 0.691 bits per heavy atom. The molecule has 0 saturated heterocycles. The van der Waals surface area contributed by atoms with E-state index < -0.39 is 95.2 Å². The minimum Gasteiger partial charge on any atom is -0.382 e. The first-order chi connectivity index (χ1) is 23.9. The van der Waals surface area contributed by atoms with Crippen molar-refractivity contribution >= 4 is 101 Å². The first-order valence-corrected chi connectivity index (χ1v) is 61.4. The minimum atomic E-state index is -2.09. The Balaban J connectivity index is 3.85. The molecule has 2 nitrogen and oxygen atoms in total. The quantitative estimate of drug-likeness (QED) is 0.134. The van der Waals surface area contributed by atoms with E-state index in [1.807, 2.05) is 5.29 Å². The topological polar surface area (TPSA) is 6.48 Å². The Morgan fingerprint density at radius 1 is 0.436 bits per heavy atom. The number of allylic oxidation sites excluding steroid dienone is 1. The molecule has 0 N–H and O–H groups in total. The summed E-state index contributed by atoms with van der Waals surface area (Å²) in [6, 6.07) is 0. The maximum Gasteiger partial charge on any atom is 0.167 e. The van der Waals surface area contributed by atoms with Gasteiger partial charge in [0.2, 0.25) is 0 Å². The zero-order valence-corrected chi connectivity index (χ0v) is 55.1. The molecule has 2 aliphatic heterocycles. The highest BCUT2D eigenvalue weighted by Crippen LogP contribution is 2.63. The molecule has 0 unspecified atom stereocenters. The van der Waals surface area contributed by atoms with Gasteiger partial charge in [0.15, 0.2) is 7.99 Å². The van der Waals surface area contributed by atoms with Gasteiger partial charge in [0.25, 0.3) is 0 Å². The maximum absolute atomic E-state index is 3.28. The largest absolute Gasteiger partial charge is 0.382 e. The molecule has 2 heterocycles. The van der Waals surface area contributed by atoms with Gasteiger partial charge in [0.05, 0.1) is 15.2 Å². The van der Waals surface area contributed by atoms with Gasteiger partial charge in [-0.05, 0) is 18.4 Å². The molecule has 0 aliphatic carbocycles. The van der Waals surface area contributed by atoms with E-state index in [0.29, 0.717) is 0 Å². The second-order valence-electron chi connectivity index (χ2n) is 28.1. The van der Waals surface area contributed by atoms with Crippen LogP contribution < -0.4 is 0 Å². The Hall–Kier alpha value is 1.55. The lowest BCUT2D eigenvalue weighted by Crippen LogP contribution is -2.92. The average molecular weight is 957 g/mol. The van der Waals surface area contributed by atoms with Crippen LogP contribution in [0.5, 0.6) is 0 Å². The van der Waals surface area contributed by atoms with Crippen LogP contribution in [-0.2, 0) is 0 Å². The lowest BCUT2D eigenvalue weighted by atomic mass is 10.3. The fourth-order valence-corrected chi connectivity index (χ4v) is 228. The highest BCUT2D eigenvalue weighted by Gasteiger charge is 2.76. The normalized spacial score (nSPS) is 18.1. The van der Waals surface area contributed by atoms with Crippen molar-refractivity contribution in [2.75, 3.05) is 14.1 Å². The molecule has 0 spiro atoms. The average Bonchev–Trinajstić information content (AvgIpc) is 2.81. The molecule has 2 aliphatic rings. The van der Waals surface area contributed by atoms with Crippen LogP contribution in [0.25, 0.3) is 0 Å². The molecule has 0 aromatic heterocycles. The number of rotatable bonds is 17. The first-order valence-electron chi connectivity index (χ1n) is 22.4. The van der Waals surface area contributed by atoms with Crippen molar-refractivity contribution in [1.82, 2.24) is 9.47 Å². The molecule has 1 radical (unpaired) electrons. The number of nitrogens with zero attached hydrogens (tertiary/aromatic N) is 2. The summed E-state index contributed by atoms with van der Waals surface area (Å²) in [5.74, 6) is 0. The highest BCUT2D eigenvalue weighted by atomic mass is 29.8. The fourth-order valence-electron chi connectivity index (χ4n) is 15.9. The third kappa shape index (κ3) is 9.95. The third-order valence-electron chi connectivity index (χ3n) is 13.8. The van der Waals surface area contributed by atoms with Crippen LogP contribution in [0.4, 0.5) is 0 Å². The Morgan fingerprint density at radius 3 is 0.909 bits per heavy atom. The molecule has 0 aromatic rings. The fraction of sp³-hybridized carbons (Fsp3) is 0.878. The van der Waals surface area contributed by atoms with Gasteiger partial charge in [0, 0.05) is 97.1 Å². The highest BCUT2D eigenvalue weighted by molar-refractivity contribution is 7.80. The molecular weight excluding hydrogens is 857 g/mol. The summed E-state index contributed by atoms with van der Waals surface area (Å²) in [4.78, 5) is 6.66. The molecule has 14 heteroatoms. The van der Waals surface area contributed by atoms with Crippen molar-refractivity contribution in [3.8, 4) is 0 Å². The zero-order chi connectivity index (χ0) is 44.0. The lowest BCUT2D eigenvalue weighted by Gasteiger charge is -2.72. The van der Waals surface area contributed by atoms with E-state index in [4.69, 9.17) is 0 Å². The number of likely N-dealkylation sites (N-methyl/N-ethyl adjacent to an activating group) is 1. The molecule has 0 bridgehead atoms. The van der Waals surface area contributed by atoms with Crippen molar-refractivity contribution in [1.29, 1.82) is 0 Å². The van der Waals surface area contributed by atoms with Crippen LogP contribution in [0.2, 0.25) is 187 Å². The van der Waals surface area contributed by atoms with Crippen LogP contribution in [0.15, 0.2) is 24.0 Å². The second-order valence-corrected chi connectivity index (χ2v) is 102. The maximum atomic E-state index is 3.28. The predicted molar refractivity (Wildman–Crippen MR) is 293 cm³/mol. The van der Waals surface area contributed by atoms with Gasteiger partial charge in [-0.25, -0.2) is 0 Å². The van der Waals surface area contributed by atoms with E-state index >= 15 is 0 Å². The third-order valence-corrected chi connectivity index (χ3v) is 130. The van der Waals surface area contributed by atoms with E-state index in [1.54, 1.807) is 0 Å². The van der Waals surface area contributed by atoms with E-state index in [-0.39, 0.29) is 0 Å². The summed E-state index contributed by atoms with van der Waals surface area (Å²) in [7, 11) is -14.3. The Kier molecular flexibility index (Phi) is 15.7. The molecule has 0 fully saturated rings. The van der Waals surface area contributed by atoms with Crippen LogP contribution in [0.1, 0.15) is 27.7 Å². The molecule has 321 valence electrons. The number of fused-ring (bicyclic) bond motifs is 1. The van der Waals surface area contributed by atoms with Crippen molar-refractivity contribution in [2.24, 2.45) is 0 Å². The minimum absolute atomic E-state index is 0.843. The summed E-state index contributed by atoms with van der Waals surface area (Å²) in [5, 5.41) is 1.96. The summed E-state index contributed by atoms with van der Waals surface area (Å²) in [6.45, 7) is 81.1. The molecule has 55 heavy (non-hydrogen) atoms. The molecule has 0 atom stereocenters. The summed E-state index contributed by atoms with van der Waals surface area (Å²) in [6.07, 6.45) is 8.24. The standard InChI is InChI=1S/C41H99N2Si12/c1-34(2)54(38(46(7,8)9)47(10,11)12,39(48(13,14)15)49(16,17)18)44-37-33-36(42(5)6)31-32-43(37)45(44)55(35(3)4,40(50(19,20)21)51(22,23)24)41(52(25,26)27)53(28,29)30/h31-35,38-41H,1-30H3. The first kappa shape index (κ1) is 52.7. The molecule has 0 saturated carbocycles. The summed E-state index contributed by atoms with van der Waals surface area (Å²) in [5.41, 5.74) is 3.17.